The summed E-state index contributed by atoms with van der Waals surface area (Å²) in [5, 5.41) is 20.9. The lowest BCUT2D eigenvalue weighted by Crippen LogP contribution is -2.56. The summed E-state index contributed by atoms with van der Waals surface area (Å²) in [7, 11) is -4.98. The summed E-state index contributed by atoms with van der Waals surface area (Å²) in [5.74, 6) is -1.57. The molecular weight excluding hydrogens is 387 g/mol. The molecule has 0 radical (unpaired) electrons. The number of phosphoric acid groups is 1. The van der Waals surface area contributed by atoms with E-state index in [1.165, 1.54) is 0 Å². The van der Waals surface area contributed by atoms with E-state index in [1.807, 2.05) is 6.92 Å². The van der Waals surface area contributed by atoms with Gasteiger partial charge in [0.2, 0.25) is 0 Å². The SMILES string of the molecule is CCCCCCCC(=O)[C@H](O)[C@](O)(COP(=O)(O)O)C(=O)CCCCCCC. The number of hydrogen-bond donors (Lipinski definition) is 4. The van der Waals surface area contributed by atoms with Crippen molar-refractivity contribution in [1.82, 2.24) is 0 Å². The van der Waals surface area contributed by atoms with E-state index in [9.17, 15) is 24.4 Å². The average molecular weight is 424 g/mol. The number of carbonyl (C=O) groups excluding carboxylic acids is 2. The first kappa shape index (κ1) is 27.4. The van der Waals surface area contributed by atoms with E-state index in [0.29, 0.717) is 12.8 Å². The van der Waals surface area contributed by atoms with Gasteiger partial charge in [0, 0.05) is 12.8 Å². The molecule has 28 heavy (non-hydrogen) atoms. The largest absolute Gasteiger partial charge is 0.469 e. The van der Waals surface area contributed by atoms with Gasteiger partial charge in [-0.15, -0.1) is 0 Å². The first-order chi connectivity index (χ1) is 13.1. The Kier molecular flexibility index (Phi) is 14.0. The highest BCUT2D eigenvalue weighted by molar-refractivity contribution is 7.46. The lowest BCUT2D eigenvalue weighted by Gasteiger charge is -2.30. The Labute approximate surface area is 167 Å². The molecule has 0 heterocycles. The van der Waals surface area contributed by atoms with Gasteiger partial charge >= 0.3 is 7.82 Å². The van der Waals surface area contributed by atoms with Crippen molar-refractivity contribution in [2.75, 3.05) is 6.61 Å². The molecule has 4 N–H and O–H groups in total. The number of carbonyl (C=O) groups is 2. The summed E-state index contributed by atoms with van der Waals surface area (Å²) < 4.78 is 15.3. The van der Waals surface area contributed by atoms with Gasteiger partial charge in [0.15, 0.2) is 23.3 Å². The first-order valence-electron chi connectivity index (χ1n) is 10.2. The minimum Gasteiger partial charge on any atom is -0.382 e. The predicted octanol–water partition coefficient (Wildman–Crippen LogP) is 3.05. The van der Waals surface area contributed by atoms with Crippen LogP contribution in [0.2, 0.25) is 0 Å². The first-order valence-corrected chi connectivity index (χ1v) is 11.8. The van der Waals surface area contributed by atoms with Gasteiger partial charge in [0.25, 0.3) is 0 Å². The van der Waals surface area contributed by atoms with Crippen LogP contribution >= 0.6 is 7.82 Å². The summed E-state index contributed by atoms with van der Waals surface area (Å²) in [6, 6.07) is 0. The zero-order chi connectivity index (χ0) is 21.6. The van der Waals surface area contributed by atoms with Crippen LogP contribution in [0.5, 0.6) is 0 Å². The molecule has 0 unspecified atom stereocenters. The monoisotopic (exact) mass is 424 g/mol. The lowest BCUT2D eigenvalue weighted by molar-refractivity contribution is -0.165. The zero-order valence-corrected chi connectivity index (χ0v) is 18.0. The van der Waals surface area contributed by atoms with Crippen molar-refractivity contribution >= 4 is 19.4 Å². The molecule has 0 aromatic carbocycles. The fourth-order valence-corrected chi connectivity index (χ4v) is 3.27. The third-order valence-corrected chi connectivity index (χ3v) is 5.19. The van der Waals surface area contributed by atoms with Crippen LogP contribution in [0.3, 0.4) is 0 Å². The molecular formula is C19H37O8P. The van der Waals surface area contributed by atoms with Crippen LogP contribution in [0.25, 0.3) is 0 Å². The summed E-state index contributed by atoms with van der Waals surface area (Å²) in [5.41, 5.74) is -2.66. The van der Waals surface area contributed by atoms with E-state index in [4.69, 9.17) is 9.79 Å². The van der Waals surface area contributed by atoms with Crippen LogP contribution in [0, 0.1) is 0 Å². The van der Waals surface area contributed by atoms with Crippen LogP contribution in [0.1, 0.15) is 90.9 Å². The second kappa shape index (κ2) is 14.4. The molecule has 0 rings (SSSR count). The fraction of sp³-hybridized carbons (Fsp3) is 0.895. The van der Waals surface area contributed by atoms with Gasteiger partial charge in [-0.2, -0.15) is 0 Å². The Bertz CT molecular complexity index is 504. The van der Waals surface area contributed by atoms with Crippen LogP contribution in [-0.2, 0) is 18.7 Å². The van der Waals surface area contributed by atoms with Crippen molar-refractivity contribution in [2.45, 2.75) is 103 Å². The van der Waals surface area contributed by atoms with Gasteiger partial charge in [-0.25, -0.2) is 4.57 Å². The number of phosphoric ester groups is 1. The topological polar surface area (TPSA) is 141 Å². The van der Waals surface area contributed by atoms with Crippen molar-refractivity contribution in [1.29, 1.82) is 0 Å². The third-order valence-electron chi connectivity index (χ3n) is 4.73. The smallest absolute Gasteiger partial charge is 0.382 e. The standard InChI is InChI=1S/C19H37O8P/c1-3-5-7-9-11-13-16(20)18(22)19(23,15-27-28(24,25)26)17(21)14-12-10-8-6-4-2/h18,22-23H,3-15H2,1-2H3,(H2,24,25,26)/t18-,19-/m0/s1. The van der Waals surface area contributed by atoms with Gasteiger partial charge in [0.1, 0.15) is 0 Å². The molecule has 2 atom stereocenters. The molecule has 0 aliphatic carbocycles. The highest BCUT2D eigenvalue weighted by atomic mass is 31.2. The molecule has 166 valence electrons. The highest BCUT2D eigenvalue weighted by Gasteiger charge is 2.47. The van der Waals surface area contributed by atoms with Gasteiger partial charge in [-0.3, -0.25) is 14.1 Å². The molecule has 0 amide bonds. The number of rotatable bonds is 18. The number of ketones is 2. The maximum absolute atomic E-state index is 12.5. The molecule has 0 fully saturated rings. The minimum absolute atomic E-state index is 0.0210. The Morgan fingerprint density at radius 3 is 1.82 bits per heavy atom. The third kappa shape index (κ3) is 11.4. The molecule has 0 saturated carbocycles. The van der Waals surface area contributed by atoms with Gasteiger partial charge in [-0.1, -0.05) is 65.2 Å². The fourth-order valence-electron chi connectivity index (χ4n) is 2.91. The maximum atomic E-state index is 12.5. The molecule has 9 heteroatoms. The molecule has 0 aromatic heterocycles. The number of hydrogen-bond acceptors (Lipinski definition) is 6. The molecule has 8 nitrogen and oxygen atoms in total. The highest BCUT2D eigenvalue weighted by Crippen LogP contribution is 2.37. The normalized spacial score (nSPS) is 15.2. The number of unbranched alkanes of at least 4 members (excludes halogenated alkanes) is 8. The Balaban J connectivity index is 4.92. The van der Waals surface area contributed by atoms with Crippen molar-refractivity contribution in [2.24, 2.45) is 0 Å². The van der Waals surface area contributed by atoms with E-state index in [-0.39, 0.29) is 12.8 Å². The Hall–Kier alpha value is -0.630. The van der Waals surface area contributed by atoms with E-state index in [0.717, 1.165) is 51.4 Å². The zero-order valence-electron chi connectivity index (χ0n) is 17.1. The van der Waals surface area contributed by atoms with Crippen LogP contribution in [0.4, 0.5) is 0 Å². The molecule has 0 saturated heterocycles. The second-order valence-electron chi connectivity index (χ2n) is 7.31. The van der Waals surface area contributed by atoms with Crippen LogP contribution < -0.4 is 0 Å². The van der Waals surface area contributed by atoms with Crippen molar-refractivity contribution in [3.05, 3.63) is 0 Å². The summed E-state index contributed by atoms with van der Waals surface area (Å²) >= 11 is 0. The number of Topliss-reactive ketones (excluding diaryl/α,β-unsaturated/α-hetero) is 2. The van der Waals surface area contributed by atoms with Crippen molar-refractivity contribution in [3.63, 3.8) is 0 Å². The minimum atomic E-state index is -4.98. The maximum Gasteiger partial charge on any atom is 0.469 e. The van der Waals surface area contributed by atoms with E-state index >= 15 is 0 Å². The van der Waals surface area contributed by atoms with E-state index in [1.54, 1.807) is 0 Å². The molecule has 0 bridgehead atoms. The van der Waals surface area contributed by atoms with Gasteiger partial charge < -0.3 is 20.0 Å². The summed E-state index contributed by atoms with van der Waals surface area (Å²) in [6.07, 6.45) is 6.28. The summed E-state index contributed by atoms with van der Waals surface area (Å²) in [6.45, 7) is 2.98. The van der Waals surface area contributed by atoms with Gasteiger partial charge in [-0.05, 0) is 12.8 Å². The lowest BCUT2D eigenvalue weighted by atomic mass is 9.85. The predicted molar refractivity (Wildman–Crippen MR) is 106 cm³/mol. The quantitative estimate of drug-likeness (QED) is 0.194. The average Bonchev–Trinajstić information content (AvgIpc) is 2.64. The number of aliphatic hydroxyl groups excluding tert-OH is 1. The Morgan fingerprint density at radius 2 is 1.36 bits per heavy atom. The summed E-state index contributed by atoms with van der Waals surface area (Å²) in [4.78, 5) is 42.5. The second-order valence-corrected chi connectivity index (χ2v) is 8.55. The van der Waals surface area contributed by atoms with E-state index in [2.05, 4.69) is 11.4 Å². The van der Waals surface area contributed by atoms with E-state index < -0.39 is 37.7 Å². The van der Waals surface area contributed by atoms with Crippen molar-refractivity contribution < 1.29 is 38.7 Å². The van der Waals surface area contributed by atoms with Crippen LogP contribution in [-0.4, -0.2) is 49.9 Å². The Morgan fingerprint density at radius 1 is 0.893 bits per heavy atom. The van der Waals surface area contributed by atoms with Crippen molar-refractivity contribution in [3.8, 4) is 0 Å². The molecule has 0 aliphatic heterocycles. The molecule has 0 aromatic rings. The molecule has 0 aliphatic rings. The molecule has 0 spiro atoms. The van der Waals surface area contributed by atoms with Crippen LogP contribution in [0.15, 0.2) is 0 Å². The number of aliphatic hydroxyl groups is 2. The van der Waals surface area contributed by atoms with Gasteiger partial charge in [0.05, 0.1) is 6.61 Å².